The first-order valence-electron chi connectivity index (χ1n) is 15.6. The summed E-state index contributed by atoms with van der Waals surface area (Å²) in [6, 6.07) is 1.59. The maximum atomic E-state index is 13.7. The Labute approximate surface area is 296 Å². The van der Waals surface area contributed by atoms with Crippen molar-refractivity contribution in [1.29, 1.82) is 0 Å². The van der Waals surface area contributed by atoms with Gasteiger partial charge in [-0.3, -0.25) is 29.0 Å². The summed E-state index contributed by atoms with van der Waals surface area (Å²) >= 11 is 9.50. The number of imidazole rings is 1. The van der Waals surface area contributed by atoms with Gasteiger partial charge >= 0.3 is 13.5 Å². The fraction of sp³-hybridized carbons (Fsp3) is 0.630. The van der Waals surface area contributed by atoms with E-state index in [-0.39, 0.29) is 42.0 Å². The van der Waals surface area contributed by atoms with Crippen molar-refractivity contribution < 1.29 is 46.9 Å². The van der Waals surface area contributed by atoms with E-state index in [1.807, 2.05) is 13.8 Å². The fourth-order valence-corrected chi connectivity index (χ4v) is 9.23. The number of aliphatic hydroxyl groups is 1. The molecule has 0 spiro atoms. The molecule has 0 radical (unpaired) electrons. The van der Waals surface area contributed by atoms with Gasteiger partial charge < -0.3 is 38.4 Å². The second kappa shape index (κ2) is 14.9. The second-order valence-electron chi connectivity index (χ2n) is 13.0. The van der Waals surface area contributed by atoms with Gasteiger partial charge in [-0.2, -0.15) is 4.98 Å². The number of anilines is 1. The summed E-state index contributed by atoms with van der Waals surface area (Å²) in [6.07, 6.45) is -1.77. The maximum Gasteiger partial charge on any atom is 0.386 e. The Bertz CT molecular complexity index is 1850. The van der Waals surface area contributed by atoms with Crippen LogP contribution in [0, 0.1) is 11.3 Å². The molecular formula is C27H38N8O11P2S2. The molecule has 19 nitrogen and oxygen atoms in total. The minimum atomic E-state index is -4.23. The molecule has 6 rings (SSSR count). The molecule has 3 fully saturated rings. The summed E-state index contributed by atoms with van der Waals surface area (Å²) in [7, 11) is 1.78. The average Bonchev–Trinajstić information content (AvgIpc) is 3.70. The van der Waals surface area contributed by atoms with Crippen LogP contribution in [0.3, 0.4) is 0 Å². The van der Waals surface area contributed by atoms with Crippen LogP contribution >= 0.6 is 25.8 Å². The SMILES string of the molecule is CNCC(C)(C)CC(=O)Nc1nc2c(ncn2[C@@H]2O[C@@H]3COP(O)(=S)O[C@H]4C[C@H](Oc5ccncn5)C[C@@H]4COP(=O)(S)O[C@@H]2[C@@H]3O)c(=O)[nH]1. The Morgan fingerprint density at radius 1 is 1.24 bits per heavy atom. The number of nitrogens with one attached hydrogen (secondary N) is 3. The molecule has 23 heteroatoms. The lowest BCUT2D eigenvalue weighted by Crippen LogP contribution is -2.35. The molecule has 2 bridgehead atoms. The molecule has 274 valence electrons. The van der Waals surface area contributed by atoms with Gasteiger partial charge in [0.25, 0.3) is 5.56 Å². The third-order valence-electron chi connectivity index (χ3n) is 8.38. The molecule has 0 aromatic carbocycles. The number of aromatic nitrogens is 6. The van der Waals surface area contributed by atoms with Gasteiger partial charge in [-0.25, -0.2) is 19.5 Å². The first-order chi connectivity index (χ1) is 23.6. The standard InChI is InChI=1S/C27H38N8O11P2S2/c1-27(2,11-28-3)8-18(36)32-26-33-23-20(24(38)34-26)31-13-35(23)25-22-21(37)17(44-25)10-42-47(39,49)45-16-7-15(43-19-4-5-29-12-30-19)6-14(16)9-41-48(40,50)46-22/h4-5,12-17,21-22,25,28,37H,6-11H2,1-3H3,(H,39,49)(H,40,50)(H2,32,33,34,36,38)/t14-,15-,16+,17-,21-,22-,25-,47?,48?/m1/s1. The largest absolute Gasteiger partial charge is 0.474 e. The molecule has 3 aromatic rings. The zero-order valence-corrected chi connectivity index (χ0v) is 30.6. The van der Waals surface area contributed by atoms with Gasteiger partial charge in [0.15, 0.2) is 17.4 Å². The lowest BCUT2D eigenvalue weighted by Gasteiger charge is -2.27. The van der Waals surface area contributed by atoms with Crippen LogP contribution in [0.25, 0.3) is 11.2 Å². The van der Waals surface area contributed by atoms with E-state index in [0.29, 0.717) is 18.8 Å². The van der Waals surface area contributed by atoms with Gasteiger partial charge in [0.2, 0.25) is 17.7 Å². The maximum absolute atomic E-state index is 13.7. The zero-order chi connectivity index (χ0) is 35.8. The minimum Gasteiger partial charge on any atom is -0.474 e. The summed E-state index contributed by atoms with van der Waals surface area (Å²) < 4.78 is 50.0. The zero-order valence-electron chi connectivity index (χ0n) is 27.1. The van der Waals surface area contributed by atoms with Crippen molar-refractivity contribution in [2.45, 2.75) is 69.9 Å². The number of hydrogen-bond donors (Lipinski definition) is 6. The summed E-state index contributed by atoms with van der Waals surface area (Å²) in [5, 5.41) is 17.0. The Balaban J connectivity index is 1.25. The van der Waals surface area contributed by atoms with Crippen molar-refractivity contribution in [2.75, 3.05) is 32.1 Å². The van der Waals surface area contributed by atoms with Crippen LogP contribution in [0.1, 0.15) is 39.3 Å². The van der Waals surface area contributed by atoms with Crippen LogP contribution in [-0.4, -0.2) is 103 Å². The number of ether oxygens (including phenoxy) is 2. The highest BCUT2D eigenvalue weighted by molar-refractivity contribution is 8.44. The van der Waals surface area contributed by atoms with Crippen LogP contribution in [0.15, 0.2) is 29.7 Å². The number of carbonyl (C=O) groups is 1. The highest BCUT2D eigenvalue weighted by Crippen LogP contribution is 2.58. The van der Waals surface area contributed by atoms with Gasteiger partial charge in [-0.15, -0.1) is 0 Å². The number of amides is 1. The molecule has 2 aliphatic heterocycles. The smallest absolute Gasteiger partial charge is 0.386 e. The van der Waals surface area contributed by atoms with Crippen molar-refractivity contribution >= 4 is 60.6 Å². The number of fused-ring (bicyclic) bond motifs is 4. The normalized spacial score (nSPS) is 33.6. The van der Waals surface area contributed by atoms with Gasteiger partial charge in [0.05, 0.1) is 25.6 Å². The summed E-state index contributed by atoms with van der Waals surface area (Å²) in [4.78, 5) is 55.8. The van der Waals surface area contributed by atoms with Crippen molar-refractivity contribution in [3.05, 3.63) is 35.3 Å². The topological polar surface area (TPSA) is 243 Å². The predicted molar refractivity (Wildman–Crippen MR) is 183 cm³/mol. The van der Waals surface area contributed by atoms with Crippen molar-refractivity contribution in [2.24, 2.45) is 11.3 Å². The molecule has 9 atom stereocenters. The van der Waals surface area contributed by atoms with Crippen molar-refractivity contribution in [1.82, 2.24) is 34.8 Å². The third kappa shape index (κ3) is 8.79. The molecule has 50 heavy (non-hydrogen) atoms. The van der Waals surface area contributed by atoms with Crippen LogP contribution in [0.4, 0.5) is 5.95 Å². The first-order valence-corrected chi connectivity index (χ1v) is 20.9. The van der Waals surface area contributed by atoms with Crippen LogP contribution in [0.5, 0.6) is 5.88 Å². The van der Waals surface area contributed by atoms with E-state index in [2.05, 4.69) is 47.8 Å². The number of H-pyrrole nitrogens is 1. The van der Waals surface area contributed by atoms with Crippen LogP contribution in [-0.2, 0) is 44.0 Å². The van der Waals surface area contributed by atoms with E-state index in [1.54, 1.807) is 13.1 Å². The number of nitrogens with zero attached hydrogens (tertiary/aromatic N) is 5. The highest BCUT2D eigenvalue weighted by atomic mass is 32.7. The Hall–Kier alpha value is -2.39. The number of aromatic amines is 1. The highest BCUT2D eigenvalue weighted by Gasteiger charge is 2.51. The van der Waals surface area contributed by atoms with Crippen molar-refractivity contribution in [3.63, 3.8) is 0 Å². The third-order valence-corrected chi connectivity index (χ3v) is 11.6. The lowest BCUT2D eigenvalue weighted by atomic mass is 9.89. The fourth-order valence-electron chi connectivity index (χ4n) is 6.22. The van der Waals surface area contributed by atoms with Gasteiger partial charge in [-0.05, 0) is 30.7 Å². The van der Waals surface area contributed by atoms with E-state index >= 15 is 0 Å². The Morgan fingerprint density at radius 2 is 2.04 bits per heavy atom. The van der Waals surface area contributed by atoms with E-state index in [4.69, 9.17) is 39.4 Å². The molecule has 3 aliphatic rings. The molecule has 2 unspecified atom stereocenters. The summed E-state index contributed by atoms with van der Waals surface area (Å²) in [6.45, 7) is -4.44. The second-order valence-corrected chi connectivity index (χ2v) is 18.6. The average molecular weight is 777 g/mol. The molecule has 5 N–H and O–H groups in total. The predicted octanol–water partition coefficient (Wildman–Crippen LogP) is 1.67. The Kier molecular flexibility index (Phi) is 11.2. The summed E-state index contributed by atoms with van der Waals surface area (Å²) in [5.41, 5.74) is -1.20. The number of thiol groups is 1. The van der Waals surface area contributed by atoms with Crippen LogP contribution < -0.4 is 20.9 Å². The van der Waals surface area contributed by atoms with E-state index < -0.39 is 74.3 Å². The molecule has 3 aromatic heterocycles. The Morgan fingerprint density at radius 3 is 2.78 bits per heavy atom. The number of rotatable bonds is 8. The van der Waals surface area contributed by atoms with E-state index in [9.17, 15) is 24.2 Å². The quantitative estimate of drug-likeness (QED) is 0.141. The first kappa shape index (κ1) is 37.4. The number of hydrogen-bond acceptors (Lipinski definition) is 16. The van der Waals surface area contributed by atoms with Crippen LogP contribution in [0.2, 0.25) is 0 Å². The molecule has 2 saturated heterocycles. The summed E-state index contributed by atoms with van der Waals surface area (Å²) in [5.74, 6) is -0.688. The van der Waals surface area contributed by atoms with E-state index in [1.165, 1.54) is 23.4 Å². The minimum absolute atomic E-state index is 0.0407. The van der Waals surface area contributed by atoms with Gasteiger partial charge in [0.1, 0.15) is 30.7 Å². The van der Waals surface area contributed by atoms with Gasteiger partial charge in [0, 0.05) is 37.6 Å². The van der Waals surface area contributed by atoms with Crippen molar-refractivity contribution in [3.8, 4) is 5.88 Å². The molecular weight excluding hydrogens is 738 g/mol. The number of aliphatic hydroxyl groups excluding tert-OH is 1. The van der Waals surface area contributed by atoms with Gasteiger partial charge in [-0.1, -0.05) is 26.1 Å². The molecule has 1 aliphatic carbocycles. The molecule has 1 amide bonds. The van der Waals surface area contributed by atoms with E-state index in [0.717, 1.165) is 0 Å². The molecule has 1 saturated carbocycles. The lowest BCUT2D eigenvalue weighted by molar-refractivity contribution is -0.118. The molecule has 5 heterocycles. The number of carbonyl (C=O) groups excluding carboxylic acids is 1. The monoisotopic (exact) mass is 776 g/mol.